The van der Waals surface area contributed by atoms with Gasteiger partial charge in [-0.05, 0) is 24.6 Å². The van der Waals surface area contributed by atoms with Crippen LogP contribution in [-0.2, 0) is 6.54 Å². The molecule has 20 heavy (non-hydrogen) atoms. The molecule has 2 aromatic rings. The van der Waals surface area contributed by atoms with Gasteiger partial charge in [0.25, 0.3) is 0 Å². The number of hydrogen-bond acceptors (Lipinski definition) is 3. The summed E-state index contributed by atoms with van der Waals surface area (Å²) in [6.07, 6.45) is 0. The van der Waals surface area contributed by atoms with Crippen molar-refractivity contribution in [3.63, 3.8) is 0 Å². The molecule has 0 aromatic heterocycles. The summed E-state index contributed by atoms with van der Waals surface area (Å²) in [7, 11) is 3.31. The van der Waals surface area contributed by atoms with Crippen molar-refractivity contribution in [2.24, 2.45) is 0 Å². The van der Waals surface area contributed by atoms with Gasteiger partial charge in [-0.3, -0.25) is 0 Å². The third-order valence-electron chi connectivity index (χ3n) is 3.14. The van der Waals surface area contributed by atoms with E-state index in [2.05, 4.69) is 5.32 Å². The largest absolute Gasteiger partial charge is 0.496 e. The van der Waals surface area contributed by atoms with Gasteiger partial charge in [-0.25, -0.2) is 0 Å². The van der Waals surface area contributed by atoms with Crippen molar-refractivity contribution in [3.05, 3.63) is 52.5 Å². The first kappa shape index (κ1) is 14.5. The molecule has 0 heterocycles. The van der Waals surface area contributed by atoms with Gasteiger partial charge in [-0.15, -0.1) is 0 Å². The monoisotopic (exact) mass is 291 g/mol. The van der Waals surface area contributed by atoms with E-state index in [0.717, 1.165) is 28.3 Å². The molecule has 0 spiro atoms. The van der Waals surface area contributed by atoms with Crippen LogP contribution in [0.15, 0.2) is 36.4 Å². The number of para-hydroxylation sites is 1. The Balaban J connectivity index is 2.20. The lowest BCUT2D eigenvalue weighted by Crippen LogP contribution is -2.03. The average molecular weight is 292 g/mol. The fourth-order valence-corrected chi connectivity index (χ4v) is 2.16. The number of halogens is 1. The molecule has 0 aliphatic heterocycles. The minimum absolute atomic E-state index is 0.654. The molecule has 0 saturated carbocycles. The first-order valence-electron chi connectivity index (χ1n) is 6.35. The van der Waals surface area contributed by atoms with Crippen LogP contribution >= 0.6 is 11.6 Å². The van der Waals surface area contributed by atoms with Gasteiger partial charge >= 0.3 is 0 Å². The molecule has 0 aliphatic carbocycles. The van der Waals surface area contributed by atoms with E-state index in [1.165, 1.54) is 0 Å². The Kier molecular flexibility index (Phi) is 4.74. The minimum Gasteiger partial charge on any atom is -0.496 e. The Bertz CT molecular complexity index is 599. The zero-order chi connectivity index (χ0) is 14.5. The van der Waals surface area contributed by atoms with Gasteiger partial charge in [-0.2, -0.15) is 0 Å². The Morgan fingerprint density at radius 2 is 1.75 bits per heavy atom. The maximum atomic E-state index is 6.10. The maximum Gasteiger partial charge on any atom is 0.143 e. The zero-order valence-electron chi connectivity index (χ0n) is 11.9. The van der Waals surface area contributed by atoms with Crippen LogP contribution in [0, 0.1) is 6.92 Å². The Morgan fingerprint density at radius 3 is 2.45 bits per heavy atom. The first-order chi connectivity index (χ1) is 9.65. The third-order valence-corrected chi connectivity index (χ3v) is 3.55. The number of aryl methyl sites for hydroxylation is 1. The van der Waals surface area contributed by atoms with E-state index in [1.54, 1.807) is 14.2 Å². The number of methoxy groups -OCH3 is 2. The molecule has 0 bridgehead atoms. The van der Waals surface area contributed by atoms with Crippen molar-refractivity contribution in [3.8, 4) is 11.5 Å². The predicted octanol–water partition coefficient (Wildman–Crippen LogP) is 4.28. The van der Waals surface area contributed by atoms with E-state index in [9.17, 15) is 0 Å². The summed E-state index contributed by atoms with van der Waals surface area (Å²) in [5, 5.41) is 4.06. The van der Waals surface area contributed by atoms with E-state index >= 15 is 0 Å². The predicted molar refractivity (Wildman–Crippen MR) is 83.1 cm³/mol. The molecule has 0 amide bonds. The van der Waals surface area contributed by atoms with Crippen LogP contribution in [0.2, 0.25) is 5.02 Å². The van der Waals surface area contributed by atoms with Crippen LogP contribution < -0.4 is 14.8 Å². The minimum atomic E-state index is 0.654. The SMILES string of the molecule is COc1ccccc1CNc1cc(C)c(Cl)cc1OC. The molecular formula is C16H18ClNO2. The lowest BCUT2D eigenvalue weighted by atomic mass is 10.1. The number of nitrogens with one attached hydrogen (secondary N) is 1. The van der Waals surface area contributed by atoms with Gasteiger partial charge in [0.2, 0.25) is 0 Å². The van der Waals surface area contributed by atoms with E-state index in [0.29, 0.717) is 11.6 Å². The molecule has 0 radical (unpaired) electrons. The number of ether oxygens (including phenoxy) is 2. The van der Waals surface area contributed by atoms with Crippen LogP contribution in [0.3, 0.4) is 0 Å². The molecule has 2 aromatic carbocycles. The van der Waals surface area contributed by atoms with Crippen LogP contribution in [0.4, 0.5) is 5.69 Å². The molecule has 106 valence electrons. The molecule has 0 unspecified atom stereocenters. The molecule has 0 aliphatic rings. The number of hydrogen-bond donors (Lipinski definition) is 1. The number of benzene rings is 2. The first-order valence-corrected chi connectivity index (χ1v) is 6.73. The Labute approximate surface area is 124 Å². The summed E-state index contributed by atoms with van der Waals surface area (Å²) in [4.78, 5) is 0. The molecule has 0 atom stereocenters. The summed E-state index contributed by atoms with van der Waals surface area (Å²) in [6.45, 7) is 2.62. The summed E-state index contributed by atoms with van der Waals surface area (Å²) in [6, 6.07) is 11.7. The van der Waals surface area contributed by atoms with Crippen molar-refractivity contribution in [2.75, 3.05) is 19.5 Å². The van der Waals surface area contributed by atoms with Crippen LogP contribution in [0.5, 0.6) is 11.5 Å². The highest BCUT2D eigenvalue weighted by Crippen LogP contribution is 2.31. The lowest BCUT2D eigenvalue weighted by molar-refractivity contribution is 0.409. The summed E-state index contributed by atoms with van der Waals surface area (Å²) >= 11 is 6.10. The fraction of sp³-hybridized carbons (Fsp3) is 0.250. The third kappa shape index (κ3) is 3.17. The van der Waals surface area contributed by atoms with Gasteiger partial charge in [0.05, 0.1) is 19.9 Å². The maximum absolute atomic E-state index is 6.10. The average Bonchev–Trinajstić information content (AvgIpc) is 2.48. The fourth-order valence-electron chi connectivity index (χ4n) is 2.01. The Hall–Kier alpha value is -1.87. The van der Waals surface area contributed by atoms with Crippen LogP contribution in [0.25, 0.3) is 0 Å². The number of anilines is 1. The van der Waals surface area contributed by atoms with E-state index < -0.39 is 0 Å². The molecule has 0 saturated heterocycles. The van der Waals surface area contributed by atoms with E-state index in [4.69, 9.17) is 21.1 Å². The summed E-state index contributed by atoms with van der Waals surface area (Å²) in [5.41, 5.74) is 3.01. The van der Waals surface area contributed by atoms with Crippen molar-refractivity contribution in [1.82, 2.24) is 0 Å². The quantitative estimate of drug-likeness (QED) is 0.892. The molecule has 0 fully saturated rings. The van der Waals surface area contributed by atoms with Gasteiger partial charge in [-0.1, -0.05) is 29.8 Å². The highest BCUT2D eigenvalue weighted by Gasteiger charge is 2.08. The van der Waals surface area contributed by atoms with Crippen molar-refractivity contribution in [2.45, 2.75) is 13.5 Å². The zero-order valence-corrected chi connectivity index (χ0v) is 12.6. The summed E-state index contributed by atoms with van der Waals surface area (Å²) < 4.78 is 10.7. The second-order valence-corrected chi connectivity index (χ2v) is 4.87. The Morgan fingerprint density at radius 1 is 1.05 bits per heavy atom. The molecule has 4 heteroatoms. The second-order valence-electron chi connectivity index (χ2n) is 4.47. The molecular weight excluding hydrogens is 274 g/mol. The summed E-state index contributed by atoms with van der Waals surface area (Å²) in [5.74, 6) is 1.60. The molecule has 3 nitrogen and oxygen atoms in total. The van der Waals surface area contributed by atoms with Crippen molar-refractivity contribution < 1.29 is 9.47 Å². The number of rotatable bonds is 5. The van der Waals surface area contributed by atoms with Gasteiger partial charge in [0.15, 0.2) is 0 Å². The van der Waals surface area contributed by atoms with E-state index in [1.807, 2.05) is 43.3 Å². The highest BCUT2D eigenvalue weighted by atomic mass is 35.5. The normalized spacial score (nSPS) is 10.2. The standard InChI is InChI=1S/C16H18ClNO2/c1-11-8-14(16(20-3)9-13(11)17)18-10-12-6-4-5-7-15(12)19-2/h4-9,18H,10H2,1-3H3. The van der Waals surface area contributed by atoms with Gasteiger partial charge in [0, 0.05) is 23.2 Å². The van der Waals surface area contributed by atoms with Crippen LogP contribution in [0.1, 0.15) is 11.1 Å². The highest BCUT2D eigenvalue weighted by molar-refractivity contribution is 6.31. The smallest absolute Gasteiger partial charge is 0.143 e. The second kappa shape index (κ2) is 6.53. The van der Waals surface area contributed by atoms with Crippen molar-refractivity contribution in [1.29, 1.82) is 0 Å². The van der Waals surface area contributed by atoms with Crippen molar-refractivity contribution >= 4 is 17.3 Å². The molecule has 2 rings (SSSR count). The van der Waals surface area contributed by atoms with Gasteiger partial charge < -0.3 is 14.8 Å². The van der Waals surface area contributed by atoms with Gasteiger partial charge in [0.1, 0.15) is 11.5 Å². The van der Waals surface area contributed by atoms with E-state index in [-0.39, 0.29) is 0 Å². The molecule has 1 N–H and O–H groups in total. The van der Waals surface area contributed by atoms with Crippen LogP contribution in [-0.4, -0.2) is 14.2 Å². The topological polar surface area (TPSA) is 30.5 Å². The lowest BCUT2D eigenvalue weighted by Gasteiger charge is -2.14.